The van der Waals surface area contributed by atoms with Gasteiger partial charge in [0.05, 0.1) is 4.90 Å². The number of nitrogens with one attached hydrogen (secondary N) is 1. The van der Waals surface area contributed by atoms with Gasteiger partial charge in [-0.15, -0.1) is 0 Å². The van der Waals surface area contributed by atoms with E-state index in [-0.39, 0.29) is 16.3 Å². The number of amides is 1. The number of aryl methyl sites for hydroxylation is 2. The van der Waals surface area contributed by atoms with Gasteiger partial charge in [-0.1, -0.05) is 37.6 Å². The van der Waals surface area contributed by atoms with Crippen molar-refractivity contribution in [3.05, 3.63) is 86.8 Å². The summed E-state index contributed by atoms with van der Waals surface area (Å²) < 4.78 is 27.9. The van der Waals surface area contributed by atoms with E-state index >= 15 is 0 Å². The van der Waals surface area contributed by atoms with Crippen molar-refractivity contribution >= 4 is 33.0 Å². The van der Waals surface area contributed by atoms with E-state index in [0.717, 1.165) is 12.0 Å². The molecule has 33 heavy (non-hydrogen) atoms. The fraction of sp³-hybridized carbons (Fsp3) is 0.280. The molecule has 0 saturated heterocycles. The van der Waals surface area contributed by atoms with E-state index < -0.39 is 21.3 Å². The predicted octanol–water partition coefficient (Wildman–Crippen LogP) is 4.79. The molecule has 3 rings (SSSR count). The van der Waals surface area contributed by atoms with E-state index in [9.17, 15) is 18.0 Å². The maximum Gasteiger partial charge on any atom is 0.270 e. The molecule has 0 aliphatic carbocycles. The van der Waals surface area contributed by atoms with Crippen molar-refractivity contribution in [2.75, 3.05) is 5.32 Å². The van der Waals surface area contributed by atoms with E-state index in [2.05, 4.69) is 19.2 Å². The van der Waals surface area contributed by atoms with Gasteiger partial charge in [-0.3, -0.25) is 9.59 Å². The molecule has 0 saturated carbocycles. The molecule has 1 N–H and O–H groups in total. The van der Waals surface area contributed by atoms with Gasteiger partial charge in [-0.05, 0) is 79.8 Å². The summed E-state index contributed by atoms with van der Waals surface area (Å²) in [5.74, 6) is -0.00853. The monoisotopic (exact) mass is 486 g/mol. The van der Waals surface area contributed by atoms with Crippen LogP contribution in [0.4, 0.5) is 5.69 Å². The zero-order valence-electron chi connectivity index (χ0n) is 19.1. The molecular formula is C25H27ClN2O4S. The first-order chi connectivity index (χ1) is 15.5. The van der Waals surface area contributed by atoms with Crippen LogP contribution in [-0.4, -0.2) is 18.9 Å². The minimum atomic E-state index is -4.06. The van der Waals surface area contributed by atoms with Gasteiger partial charge >= 0.3 is 0 Å². The quantitative estimate of drug-likeness (QED) is 0.520. The molecule has 0 aliphatic heterocycles. The molecule has 0 unspecified atom stereocenters. The lowest BCUT2D eigenvalue weighted by molar-refractivity contribution is -0.116. The van der Waals surface area contributed by atoms with E-state index in [1.165, 1.54) is 16.7 Å². The summed E-state index contributed by atoms with van der Waals surface area (Å²) in [6.07, 6.45) is 0.833. The number of halogens is 1. The molecule has 1 amide bonds. The number of carbonyl (C=O) groups excluding carboxylic acids is 1. The van der Waals surface area contributed by atoms with Crippen LogP contribution in [0.2, 0.25) is 5.02 Å². The molecule has 8 heteroatoms. The Kier molecular flexibility index (Phi) is 7.44. The van der Waals surface area contributed by atoms with Gasteiger partial charge in [-0.25, -0.2) is 8.42 Å². The fourth-order valence-electron chi connectivity index (χ4n) is 3.70. The first kappa shape index (κ1) is 24.7. The maximum absolute atomic E-state index is 13.4. The lowest BCUT2D eigenvalue weighted by Crippen LogP contribution is -2.33. The van der Waals surface area contributed by atoms with Crippen molar-refractivity contribution in [2.24, 2.45) is 5.92 Å². The number of pyridine rings is 1. The molecule has 0 radical (unpaired) electrons. The van der Waals surface area contributed by atoms with Crippen LogP contribution < -0.4 is 10.9 Å². The van der Waals surface area contributed by atoms with Crippen molar-refractivity contribution in [3.63, 3.8) is 0 Å². The van der Waals surface area contributed by atoms with Crippen molar-refractivity contribution < 1.29 is 13.2 Å². The second kappa shape index (κ2) is 9.93. The highest BCUT2D eigenvalue weighted by Gasteiger charge is 2.26. The van der Waals surface area contributed by atoms with Crippen molar-refractivity contribution in [1.82, 2.24) is 4.57 Å². The molecule has 0 fully saturated rings. The number of sulfone groups is 1. The van der Waals surface area contributed by atoms with Gasteiger partial charge in [0, 0.05) is 16.4 Å². The summed E-state index contributed by atoms with van der Waals surface area (Å²) in [6, 6.07) is 14.8. The number of aromatic nitrogens is 1. The Morgan fingerprint density at radius 2 is 1.64 bits per heavy atom. The van der Waals surface area contributed by atoms with Crippen LogP contribution in [0.1, 0.15) is 30.7 Å². The van der Waals surface area contributed by atoms with Gasteiger partial charge in [0.1, 0.15) is 11.4 Å². The van der Waals surface area contributed by atoms with Crippen LogP contribution in [0.15, 0.2) is 69.2 Å². The summed E-state index contributed by atoms with van der Waals surface area (Å²) in [5.41, 5.74) is 1.68. The number of nitrogens with zero attached hydrogens (tertiary/aromatic N) is 1. The van der Waals surface area contributed by atoms with Gasteiger partial charge < -0.3 is 9.88 Å². The molecular weight excluding hydrogens is 460 g/mol. The second-order valence-corrected chi connectivity index (χ2v) is 10.8. The standard InChI is InChI=1S/C25H27ClN2O4S/c1-16(2)13-19-5-11-22(12-6-19)33(31,32)24-17(3)14-18(4)28(25(24)30)15-23(29)27-21-9-7-20(26)8-10-21/h5-12,14,16H,13,15H2,1-4H3,(H,27,29). The molecule has 2 aromatic carbocycles. The minimum absolute atomic E-state index is 0.0521. The summed E-state index contributed by atoms with van der Waals surface area (Å²) in [5, 5.41) is 3.22. The Hall–Kier alpha value is -2.90. The Labute approximate surface area is 199 Å². The SMILES string of the molecule is Cc1cc(C)n(CC(=O)Nc2ccc(Cl)cc2)c(=O)c1S(=O)(=O)c1ccc(CC(C)C)cc1. The topological polar surface area (TPSA) is 85.2 Å². The highest BCUT2D eigenvalue weighted by Crippen LogP contribution is 2.23. The highest BCUT2D eigenvalue weighted by atomic mass is 35.5. The van der Waals surface area contributed by atoms with Gasteiger partial charge in [0.2, 0.25) is 15.7 Å². The summed E-state index contributed by atoms with van der Waals surface area (Å²) in [7, 11) is -4.06. The lowest BCUT2D eigenvalue weighted by atomic mass is 10.0. The minimum Gasteiger partial charge on any atom is -0.325 e. The number of anilines is 1. The van der Waals surface area contributed by atoms with Crippen LogP contribution in [0.25, 0.3) is 0 Å². The zero-order chi connectivity index (χ0) is 24.3. The smallest absolute Gasteiger partial charge is 0.270 e. The predicted molar refractivity (Wildman–Crippen MR) is 131 cm³/mol. The third-order valence-electron chi connectivity index (χ3n) is 5.22. The molecule has 1 aromatic heterocycles. The second-order valence-electron chi connectivity index (χ2n) is 8.49. The lowest BCUT2D eigenvalue weighted by Gasteiger charge is -2.15. The molecule has 0 atom stereocenters. The summed E-state index contributed by atoms with van der Waals surface area (Å²) in [6.45, 7) is 7.12. The molecule has 0 aliphatic rings. The van der Waals surface area contributed by atoms with Crippen molar-refractivity contribution in [1.29, 1.82) is 0 Å². The maximum atomic E-state index is 13.4. The summed E-state index contributed by atoms with van der Waals surface area (Å²) in [4.78, 5) is 25.6. The van der Waals surface area contributed by atoms with Crippen LogP contribution in [-0.2, 0) is 27.6 Å². The van der Waals surface area contributed by atoms with E-state index in [0.29, 0.717) is 27.9 Å². The number of benzene rings is 2. The zero-order valence-corrected chi connectivity index (χ0v) is 20.6. The molecule has 6 nitrogen and oxygen atoms in total. The largest absolute Gasteiger partial charge is 0.325 e. The van der Waals surface area contributed by atoms with E-state index in [1.54, 1.807) is 56.3 Å². The van der Waals surface area contributed by atoms with Crippen LogP contribution >= 0.6 is 11.6 Å². The Balaban J connectivity index is 1.95. The molecule has 0 bridgehead atoms. The van der Waals surface area contributed by atoms with Gasteiger partial charge in [0.25, 0.3) is 5.56 Å². The van der Waals surface area contributed by atoms with Crippen LogP contribution in [0.5, 0.6) is 0 Å². The number of hydrogen-bond donors (Lipinski definition) is 1. The first-order valence-electron chi connectivity index (χ1n) is 10.6. The first-order valence-corrected chi connectivity index (χ1v) is 12.5. The number of rotatable bonds is 7. The van der Waals surface area contributed by atoms with Gasteiger partial charge in [-0.2, -0.15) is 0 Å². The average Bonchev–Trinajstić information content (AvgIpc) is 2.72. The molecule has 3 aromatic rings. The average molecular weight is 487 g/mol. The van der Waals surface area contributed by atoms with Gasteiger partial charge in [0.15, 0.2) is 0 Å². The molecule has 0 spiro atoms. The number of hydrogen-bond acceptors (Lipinski definition) is 4. The van der Waals surface area contributed by atoms with Crippen molar-refractivity contribution in [2.45, 2.75) is 50.5 Å². The number of carbonyl (C=O) groups is 1. The Morgan fingerprint density at radius 1 is 1.03 bits per heavy atom. The Morgan fingerprint density at radius 3 is 2.21 bits per heavy atom. The van der Waals surface area contributed by atoms with E-state index in [4.69, 9.17) is 11.6 Å². The molecule has 1 heterocycles. The fourth-order valence-corrected chi connectivity index (χ4v) is 5.38. The van der Waals surface area contributed by atoms with Crippen LogP contribution in [0, 0.1) is 19.8 Å². The third kappa shape index (κ3) is 5.72. The normalized spacial score (nSPS) is 11.6. The Bertz CT molecular complexity index is 1330. The highest BCUT2D eigenvalue weighted by molar-refractivity contribution is 7.91. The molecule has 174 valence electrons. The van der Waals surface area contributed by atoms with Crippen LogP contribution in [0.3, 0.4) is 0 Å². The van der Waals surface area contributed by atoms with E-state index in [1.807, 2.05) is 0 Å². The van der Waals surface area contributed by atoms with Crippen molar-refractivity contribution in [3.8, 4) is 0 Å². The summed E-state index contributed by atoms with van der Waals surface area (Å²) >= 11 is 5.86. The third-order valence-corrected chi connectivity index (χ3v) is 7.40.